The number of halogens is 1. The van der Waals surface area contributed by atoms with E-state index in [1.54, 1.807) is 23.2 Å². The molecule has 0 spiro atoms. The van der Waals surface area contributed by atoms with Crippen molar-refractivity contribution in [2.45, 2.75) is 19.4 Å². The highest BCUT2D eigenvalue weighted by Gasteiger charge is 2.25. The Labute approximate surface area is 242 Å². The molecule has 0 atom stereocenters. The van der Waals surface area contributed by atoms with E-state index in [-0.39, 0.29) is 5.56 Å². The zero-order chi connectivity index (χ0) is 27.9. The third kappa shape index (κ3) is 5.16. The molecule has 1 aromatic carbocycles. The molecule has 5 heterocycles. The van der Waals surface area contributed by atoms with Crippen LogP contribution in [-0.4, -0.2) is 55.2 Å². The normalized spacial score (nSPS) is 15.4. The summed E-state index contributed by atoms with van der Waals surface area (Å²) < 4.78 is 3.72. The second-order valence-corrected chi connectivity index (χ2v) is 11.1. The lowest BCUT2D eigenvalue weighted by Crippen LogP contribution is -2.43. The predicted molar refractivity (Wildman–Crippen MR) is 162 cm³/mol. The molecule has 0 radical (unpaired) electrons. The van der Waals surface area contributed by atoms with E-state index in [4.69, 9.17) is 16.6 Å². The summed E-state index contributed by atoms with van der Waals surface area (Å²) in [6, 6.07) is 11.6. The molecule has 2 aliphatic rings. The Kier molecular flexibility index (Phi) is 6.64. The van der Waals surface area contributed by atoms with Gasteiger partial charge in [-0.15, -0.1) is 0 Å². The summed E-state index contributed by atoms with van der Waals surface area (Å²) in [5.41, 5.74) is 4.35. The van der Waals surface area contributed by atoms with Gasteiger partial charge >= 0.3 is 0 Å². The first-order valence-electron chi connectivity index (χ1n) is 13.9. The van der Waals surface area contributed by atoms with Crippen molar-refractivity contribution in [1.29, 1.82) is 0 Å². The predicted octanol–water partition coefficient (Wildman–Crippen LogP) is 4.47. The second-order valence-electron chi connectivity index (χ2n) is 10.7. The standard InChI is InChI=1S/C30H30ClN9O/c1-38-11-10-33-27(38)20-4-6-25(34-16-20)23-14-21-17-35-30(37-28(21)40(29(23)41)18-19-2-3-19)36-22-5-7-26(24(31)15-22)39-12-8-32-9-13-39/h4-7,10-11,14-17,19,32H,2-3,8-9,12-13,18H2,1H3,(H,35,36,37). The fourth-order valence-electron chi connectivity index (χ4n) is 5.34. The van der Waals surface area contributed by atoms with Gasteiger partial charge in [0.05, 0.1) is 22.0 Å². The van der Waals surface area contributed by atoms with Gasteiger partial charge in [-0.05, 0) is 55.2 Å². The smallest absolute Gasteiger partial charge is 0.261 e. The Morgan fingerprint density at radius 2 is 1.90 bits per heavy atom. The zero-order valence-electron chi connectivity index (χ0n) is 22.7. The molecule has 1 aliphatic carbocycles. The van der Waals surface area contributed by atoms with Crippen LogP contribution in [0.3, 0.4) is 0 Å². The van der Waals surface area contributed by atoms with Crippen molar-refractivity contribution in [3.8, 4) is 22.6 Å². The Hall–Kier alpha value is -4.28. The highest BCUT2D eigenvalue weighted by molar-refractivity contribution is 6.33. The van der Waals surface area contributed by atoms with E-state index in [0.29, 0.717) is 40.3 Å². The van der Waals surface area contributed by atoms with Crippen LogP contribution in [0, 0.1) is 5.92 Å². The fourth-order valence-corrected chi connectivity index (χ4v) is 5.64. The number of nitrogens with zero attached hydrogens (tertiary/aromatic N) is 7. The number of pyridine rings is 2. The lowest BCUT2D eigenvalue weighted by molar-refractivity contribution is 0.589. The van der Waals surface area contributed by atoms with Gasteiger partial charge < -0.3 is 20.1 Å². The molecule has 2 N–H and O–H groups in total. The maximum Gasteiger partial charge on any atom is 0.261 e. The molecular formula is C30H30ClN9O. The zero-order valence-corrected chi connectivity index (χ0v) is 23.5. The molecule has 0 unspecified atom stereocenters. The lowest BCUT2D eigenvalue weighted by Gasteiger charge is -2.30. The summed E-state index contributed by atoms with van der Waals surface area (Å²) in [4.78, 5) is 34.5. The van der Waals surface area contributed by atoms with Crippen LogP contribution in [0.25, 0.3) is 33.7 Å². The first-order chi connectivity index (χ1) is 20.0. The van der Waals surface area contributed by atoms with Crippen LogP contribution >= 0.6 is 11.6 Å². The number of hydrogen-bond donors (Lipinski definition) is 2. The Morgan fingerprint density at radius 1 is 1.05 bits per heavy atom. The number of rotatable bonds is 7. The van der Waals surface area contributed by atoms with Gasteiger partial charge in [-0.3, -0.25) is 14.3 Å². The van der Waals surface area contributed by atoms with Crippen molar-refractivity contribution in [1.82, 2.24) is 34.4 Å². The van der Waals surface area contributed by atoms with E-state index in [2.05, 4.69) is 30.5 Å². The number of anilines is 3. The van der Waals surface area contributed by atoms with Gasteiger partial charge in [0.15, 0.2) is 0 Å². The van der Waals surface area contributed by atoms with Crippen LogP contribution in [0.2, 0.25) is 5.02 Å². The number of hydrogen-bond acceptors (Lipinski definition) is 8. The van der Waals surface area contributed by atoms with Crippen molar-refractivity contribution in [3.05, 3.63) is 76.6 Å². The Balaban J connectivity index is 1.21. The largest absolute Gasteiger partial charge is 0.368 e. The number of imidazole rings is 1. The summed E-state index contributed by atoms with van der Waals surface area (Å²) in [6.45, 7) is 4.35. The van der Waals surface area contributed by atoms with Crippen LogP contribution in [-0.2, 0) is 13.6 Å². The molecule has 2 fully saturated rings. The van der Waals surface area contributed by atoms with E-state index < -0.39 is 0 Å². The fraction of sp³-hybridized carbons (Fsp3) is 0.300. The molecule has 5 aromatic rings. The summed E-state index contributed by atoms with van der Waals surface area (Å²) in [5, 5.41) is 8.10. The van der Waals surface area contributed by atoms with Gasteiger partial charge in [-0.25, -0.2) is 9.97 Å². The van der Waals surface area contributed by atoms with Crippen LogP contribution in [0.5, 0.6) is 0 Å². The summed E-state index contributed by atoms with van der Waals surface area (Å²) in [5.74, 6) is 1.72. The molecule has 4 aromatic heterocycles. The van der Waals surface area contributed by atoms with Crippen LogP contribution in [0.15, 0.2) is 66.0 Å². The highest BCUT2D eigenvalue weighted by atomic mass is 35.5. The average molecular weight is 568 g/mol. The molecule has 11 heteroatoms. The van der Waals surface area contributed by atoms with Crippen LogP contribution in [0.1, 0.15) is 12.8 Å². The van der Waals surface area contributed by atoms with E-state index in [1.807, 2.05) is 54.2 Å². The molecule has 208 valence electrons. The van der Waals surface area contributed by atoms with E-state index >= 15 is 0 Å². The van der Waals surface area contributed by atoms with Crippen molar-refractivity contribution in [3.63, 3.8) is 0 Å². The number of aromatic nitrogens is 6. The Morgan fingerprint density at radius 3 is 2.61 bits per heavy atom. The SMILES string of the molecule is Cn1ccnc1-c1ccc(-c2cc3cnc(Nc4ccc(N5CCNCC5)c(Cl)c4)nc3n(CC3CC3)c2=O)nc1. The van der Waals surface area contributed by atoms with E-state index in [1.165, 1.54) is 0 Å². The van der Waals surface area contributed by atoms with Gasteiger partial charge in [0.25, 0.3) is 5.56 Å². The first-order valence-corrected chi connectivity index (χ1v) is 14.3. The van der Waals surface area contributed by atoms with Crippen LogP contribution in [0.4, 0.5) is 17.3 Å². The van der Waals surface area contributed by atoms with E-state index in [9.17, 15) is 4.79 Å². The molecule has 1 aliphatic heterocycles. The summed E-state index contributed by atoms with van der Waals surface area (Å²) in [7, 11) is 1.94. The summed E-state index contributed by atoms with van der Waals surface area (Å²) >= 11 is 6.66. The van der Waals surface area contributed by atoms with Gasteiger partial charge in [0, 0.05) is 81.2 Å². The van der Waals surface area contributed by atoms with Crippen molar-refractivity contribution >= 4 is 40.0 Å². The highest BCUT2D eigenvalue weighted by Crippen LogP contribution is 2.33. The third-order valence-electron chi connectivity index (χ3n) is 7.75. The minimum atomic E-state index is -0.102. The first kappa shape index (κ1) is 25.7. The maximum absolute atomic E-state index is 13.8. The number of aryl methyl sites for hydroxylation is 1. The molecule has 7 rings (SSSR count). The minimum absolute atomic E-state index is 0.102. The third-order valence-corrected chi connectivity index (χ3v) is 8.05. The number of fused-ring (bicyclic) bond motifs is 1. The average Bonchev–Trinajstić information content (AvgIpc) is 3.72. The number of piperazine rings is 1. The van der Waals surface area contributed by atoms with Crippen LogP contribution < -0.4 is 21.1 Å². The van der Waals surface area contributed by atoms with Gasteiger partial charge in [0.1, 0.15) is 11.5 Å². The molecule has 1 saturated carbocycles. The molecule has 0 bridgehead atoms. The molecule has 1 saturated heterocycles. The van der Waals surface area contributed by atoms with Crippen molar-refractivity contribution in [2.24, 2.45) is 13.0 Å². The quantitative estimate of drug-likeness (QED) is 0.297. The van der Waals surface area contributed by atoms with Gasteiger partial charge in [-0.1, -0.05) is 11.6 Å². The number of benzene rings is 1. The van der Waals surface area contributed by atoms with E-state index in [0.717, 1.165) is 67.2 Å². The van der Waals surface area contributed by atoms with Crippen molar-refractivity contribution < 1.29 is 0 Å². The Bertz CT molecular complexity index is 1790. The minimum Gasteiger partial charge on any atom is -0.368 e. The maximum atomic E-state index is 13.8. The molecule has 0 amide bonds. The molecule has 10 nitrogen and oxygen atoms in total. The van der Waals surface area contributed by atoms with Gasteiger partial charge in [-0.2, -0.15) is 4.98 Å². The lowest BCUT2D eigenvalue weighted by atomic mass is 10.1. The monoisotopic (exact) mass is 567 g/mol. The van der Waals surface area contributed by atoms with Gasteiger partial charge in [0.2, 0.25) is 5.95 Å². The summed E-state index contributed by atoms with van der Waals surface area (Å²) in [6.07, 6.45) is 9.39. The molecular weight excluding hydrogens is 538 g/mol. The molecule has 41 heavy (non-hydrogen) atoms. The van der Waals surface area contributed by atoms with Crippen molar-refractivity contribution in [2.75, 3.05) is 36.4 Å². The second kappa shape index (κ2) is 10.6. The number of nitrogens with one attached hydrogen (secondary N) is 2. The topological polar surface area (TPSA) is 106 Å².